The van der Waals surface area contributed by atoms with E-state index < -0.39 is 4.92 Å². The quantitative estimate of drug-likeness (QED) is 0.512. The van der Waals surface area contributed by atoms with Crippen molar-refractivity contribution in [1.82, 2.24) is 5.32 Å². The SMILES string of the molecule is O=C(c1ccc([N+](=O)[O-])cc1)C1C=NC2=CCCCC23NC=CC=C3C1. The van der Waals surface area contributed by atoms with Gasteiger partial charge in [-0.2, -0.15) is 0 Å². The molecule has 0 saturated heterocycles. The van der Waals surface area contributed by atoms with Gasteiger partial charge in [0, 0.05) is 23.9 Å². The first-order chi connectivity index (χ1) is 12.6. The van der Waals surface area contributed by atoms with Crippen LogP contribution >= 0.6 is 0 Å². The van der Waals surface area contributed by atoms with E-state index in [0.29, 0.717) is 12.0 Å². The summed E-state index contributed by atoms with van der Waals surface area (Å²) < 4.78 is 0. The minimum Gasteiger partial charge on any atom is -0.377 e. The number of ketones is 1. The lowest BCUT2D eigenvalue weighted by Gasteiger charge is -2.40. The van der Waals surface area contributed by atoms with Crippen LogP contribution in [0, 0.1) is 16.0 Å². The van der Waals surface area contributed by atoms with Gasteiger partial charge in [0.1, 0.15) is 5.54 Å². The predicted octanol–water partition coefficient (Wildman–Crippen LogP) is 3.72. The summed E-state index contributed by atoms with van der Waals surface area (Å²) in [4.78, 5) is 28.0. The Morgan fingerprint density at radius 2 is 2.12 bits per heavy atom. The fourth-order valence-electron chi connectivity index (χ4n) is 3.96. The van der Waals surface area contributed by atoms with Crippen molar-refractivity contribution < 1.29 is 9.72 Å². The lowest BCUT2D eigenvalue weighted by atomic mass is 9.74. The highest BCUT2D eigenvalue weighted by molar-refractivity contribution is 6.06. The van der Waals surface area contributed by atoms with Gasteiger partial charge in [0.25, 0.3) is 5.69 Å². The molecule has 1 aromatic rings. The Morgan fingerprint density at radius 3 is 2.88 bits per heavy atom. The zero-order valence-electron chi connectivity index (χ0n) is 14.2. The summed E-state index contributed by atoms with van der Waals surface area (Å²) in [6.45, 7) is 0. The highest BCUT2D eigenvalue weighted by Crippen LogP contribution is 2.42. The molecular weight excluding hydrogens is 330 g/mol. The number of non-ortho nitro benzene ring substituents is 1. The fourth-order valence-corrected chi connectivity index (χ4v) is 3.96. The highest BCUT2D eigenvalue weighted by Gasteiger charge is 2.42. The molecule has 0 bridgehead atoms. The van der Waals surface area contributed by atoms with Crippen molar-refractivity contribution in [3.63, 3.8) is 0 Å². The van der Waals surface area contributed by atoms with E-state index in [1.807, 2.05) is 12.3 Å². The smallest absolute Gasteiger partial charge is 0.269 e. The molecule has 6 nitrogen and oxygen atoms in total. The molecule has 2 heterocycles. The number of nitrogens with one attached hydrogen (secondary N) is 1. The molecule has 1 aromatic carbocycles. The Morgan fingerprint density at radius 1 is 1.31 bits per heavy atom. The van der Waals surface area contributed by atoms with Crippen LogP contribution in [0.2, 0.25) is 0 Å². The van der Waals surface area contributed by atoms with Crippen molar-refractivity contribution in [3.05, 3.63) is 75.6 Å². The Kier molecular flexibility index (Phi) is 4.03. The maximum atomic E-state index is 13.0. The number of allylic oxidation sites excluding steroid dienone is 3. The second-order valence-electron chi connectivity index (χ2n) is 6.84. The van der Waals surface area contributed by atoms with E-state index in [1.165, 1.54) is 29.8 Å². The number of Topliss-reactive ketones (excluding diaryl/α,β-unsaturated/α-hetero) is 1. The van der Waals surface area contributed by atoms with Gasteiger partial charge in [0.2, 0.25) is 0 Å². The summed E-state index contributed by atoms with van der Waals surface area (Å²) in [5, 5.41) is 14.3. The zero-order chi connectivity index (χ0) is 18.1. The van der Waals surface area contributed by atoms with Crippen LogP contribution in [0.15, 0.2) is 65.0 Å². The summed E-state index contributed by atoms with van der Waals surface area (Å²) in [6, 6.07) is 5.79. The number of hydrogen-bond acceptors (Lipinski definition) is 5. The molecule has 1 aliphatic carbocycles. The van der Waals surface area contributed by atoms with Crippen LogP contribution in [-0.4, -0.2) is 22.5 Å². The number of benzene rings is 1. The van der Waals surface area contributed by atoms with Gasteiger partial charge in [-0.3, -0.25) is 19.9 Å². The molecule has 3 aliphatic rings. The molecule has 26 heavy (non-hydrogen) atoms. The first kappa shape index (κ1) is 16.4. The summed E-state index contributed by atoms with van der Waals surface area (Å²) in [7, 11) is 0. The van der Waals surface area contributed by atoms with Crippen molar-refractivity contribution in [3.8, 4) is 0 Å². The lowest BCUT2D eigenvalue weighted by Crippen LogP contribution is -2.47. The third-order valence-electron chi connectivity index (χ3n) is 5.34. The summed E-state index contributed by atoms with van der Waals surface area (Å²) in [5.74, 6) is -0.437. The fraction of sp³-hybridized carbons (Fsp3) is 0.300. The number of carbonyl (C=O) groups excluding carboxylic acids is 1. The molecule has 0 aromatic heterocycles. The van der Waals surface area contributed by atoms with Crippen molar-refractivity contribution in [1.29, 1.82) is 0 Å². The summed E-state index contributed by atoms with van der Waals surface area (Å²) in [5.41, 5.74) is 2.31. The number of nitrogens with zero attached hydrogens (tertiary/aromatic N) is 2. The number of nitro groups is 1. The van der Waals surface area contributed by atoms with Gasteiger partial charge in [0.05, 0.1) is 16.5 Å². The molecule has 132 valence electrons. The van der Waals surface area contributed by atoms with Crippen LogP contribution < -0.4 is 5.32 Å². The van der Waals surface area contributed by atoms with Gasteiger partial charge >= 0.3 is 0 Å². The van der Waals surface area contributed by atoms with Crippen LogP contribution in [-0.2, 0) is 0 Å². The first-order valence-electron chi connectivity index (χ1n) is 8.77. The molecule has 4 rings (SSSR count). The molecule has 6 heteroatoms. The van der Waals surface area contributed by atoms with Gasteiger partial charge in [-0.25, -0.2) is 0 Å². The molecule has 1 spiro atoms. The molecule has 2 unspecified atom stereocenters. The Bertz CT molecular complexity index is 880. The standard InChI is InChI=1S/C20H19N3O3/c24-19(14-6-8-17(9-7-14)23(25)26)15-12-16-4-3-11-22-20(16)10-2-1-5-18(20)21-13-15/h3-9,11,13,15,22H,1-2,10,12H2. The van der Waals surface area contributed by atoms with E-state index in [4.69, 9.17) is 0 Å². The van der Waals surface area contributed by atoms with Gasteiger partial charge in [-0.05, 0) is 55.7 Å². The average Bonchev–Trinajstić information content (AvgIpc) is 2.84. The largest absolute Gasteiger partial charge is 0.377 e. The predicted molar refractivity (Wildman–Crippen MR) is 99.0 cm³/mol. The first-order valence-corrected chi connectivity index (χ1v) is 8.77. The summed E-state index contributed by atoms with van der Waals surface area (Å²) >= 11 is 0. The summed E-state index contributed by atoms with van der Waals surface area (Å²) in [6.07, 6.45) is 13.5. The van der Waals surface area contributed by atoms with Crippen LogP contribution in [0.1, 0.15) is 36.0 Å². The van der Waals surface area contributed by atoms with E-state index in [-0.39, 0.29) is 22.9 Å². The van der Waals surface area contributed by atoms with Crippen LogP contribution in [0.25, 0.3) is 0 Å². The number of nitro benzene ring substituents is 1. The third-order valence-corrected chi connectivity index (χ3v) is 5.34. The van der Waals surface area contributed by atoms with E-state index in [9.17, 15) is 14.9 Å². The third kappa shape index (κ3) is 2.67. The van der Waals surface area contributed by atoms with Crippen LogP contribution in [0.4, 0.5) is 5.69 Å². The molecule has 1 N–H and O–H groups in total. The molecular formula is C20H19N3O3. The maximum Gasteiger partial charge on any atom is 0.269 e. The molecule has 0 saturated carbocycles. The van der Waals surface area contributed by atoms with Crippen LogP contribution in [0.3, 0.4) is 0 Å². The van der Waals surface area contributed by atoms with Gasteiger partial charge in [-0.15, -0.1) is 0 Å². The number of hydrogen-bond donors (Lipinski definition) is 1. The van der Waals surface area contributed by atoms with Crippen LogP contribution in [0.5, 0.6) is 0 Å². The van der Waals surface area contributed by atoms with Gasteiger partial charge in [0.15, 0.2) is 5.78 Å². The number of aliphatic imine (C=N–C) groups is 1. The Hall–Kier alpha value is -3.02. The van der Waals surface area contributed by atoms with E-state index in [2.05, 4.69) is 22.5 Å². The van der Waals surface area contributed by atoms with E-state index in [0.717, 1.165) is 25.0 Å². The Balaban J connectivity index is 1.66. The average molecular weight is 349 g/mol. The Labute approximate surface area is 151 Å². The molecule has 0 amide bonds. The van der Waals surface area contributed by atoms with Crippen molar-refractivity contribution in [2.75, 3.05) is 0 Å². The number of carbonyl (C=O) groups is 1. The molecule has 2 aliphatic heterocycles. The van der Waals surface area contributed by atoms with Crippen molar-refractivity contribution in [2.45, 2.75) is 31.2 Å². The normalized spacial score (nSPS) is 26.5. The zero-order valence-corrected chi connectivity index (χ0v) is 14.2. The second kappa shape index (κ2) is 6.37. The molecule has 0 radical (unpaired) electrons. The van der Waals surface area contributed by atoms with Gasteiger partial charge < -0.3 is 5.32 Å². The molecule has 2 atom stereocenters. The minimum absolute atomic E-state index is 0.0180. The van der Waals surface area contributed by atoms with Crippen molar-refractivity contribution in [2.24, 2.45) is 10.9 Å². The van der Waals surface area contributed by atoms with E-state index >= 15 is 0 Å². The number of rotatable bonds is 3. The molecule has 0 fully saturated rings. The lowest BCUT2D eigenvalue weighted by molar-refractivity contribution is -0.384. The second-order valence-corrected chi connectivity index (χ2v) is 6.84. The minimum atomic E-state index is -0.465. The monoisotopic (exact) mass is 349 g/mol. The van der Waals surface area contributed by atoms with Crippen molar-refractivity contribution >= 4 is 17.7 Å². The number of dihydropyridines is 1. The maximum absolute atomic E-state index is 13.0. The highest BCUT2D eigenvalue weighted by atomic mass is 16.6. The van der Waals surface area contributed by atoms with Gasteiger partial charge in [-0.1, -0.05) is 12.2 Å². The van der Waals surface area contributed by atoms with E-state index in [1.54, 1.807) is 6.21 Å². The topological polar surface area (TPSA) is 84.6 Å².